The first kappa shape index (κ1) is 16.9. The number of hydrogen-bond donors (Lipinski definition) is 2. The van der Waals surface area contributed by atoms with E-state index in [-0.39, 0.29) is 0 Å². The smallest absolute Gasteiger partial charge is 0.125 e. The molecule has 0 radical (unpaired) electrons. The van der Waals surface area contributed by atoms with E-state index in [4.69, 9.17) is 0 Å². The van der Waals surface area contributed by atoms with Gasteiger partial charge in [-0.1, -0.05) is 13.3 Å². The molecule has 1 aliphatic heterocycles. The minimum Gasteiger partial charge on any atom is -0.508 e. The number of nitrogens with one attached hydrogen (secondary N) is 1. The molecule has 2 N–H and O–H groups in total. The van der Waals surface area contributed by atoms with E-state index in [0.29, 0.717) is 11.8 Å². The number of hydrogen-bond acceptors (Lipinski definition) is 4. The van der Waals surface area contributed by atoms with Gasteiger partial charge in [0, 0.05) is 17.8 Å². The lowest BCUT2D eigenvalue weighted by Gasteiger charge is -2.23. The first-order valence-electron chi connectivity index (χ1n) is 9.05. The molecule has 1 unspecified atom stereocenters. The van der Waals surface area contributed by atoms with Crippen molar-refractivity contribution in [2.75, 3.05) is 6.54 Å². The maximum atomic E-state index is 10.2. The van der Waals surface area contributed by atoms with Crippen LogP contribution in [0.5, 0.6) is 5.75 Å². The summed E-state index contributed by atoms with van der Waals surface area (Å²) in [5.74, 6) is 1.08. The van der Waals surface area contributed by atoms with Crippen LogP contribution in [0, 0.1) is 6.92 Å². The van der Waals surface area contributed by atoms with Crippen LogP contribution in [0.25, 0.3) is 11.3 Å². The van der Waals surface area contributed by atoms with Crippen LogP contribution >= 0.6 is 0 Å². The molecular formula is C20H27N3O. The van der Waals surface area contributed by atoms with E-state index in [1.165, 1.54) is 24.8 Å². The van der Waals surface area contributed by atoms with E-state index >= 15 is 0 Å². The summed E-state index contributed by atoms with van der Waals surface area (Å²) >= 11 is 0. The number of aromatic nitrogens is 2. The predicted octanol–water partition coefficient (Wildman–Crippen LogP) is 3.79. The largest absolute Gasteiger partial charge is 0.508 e. The van der Waals surface area contributed by atoms with Crippen molar-refractivity contribution < 1.29 is 5.11 Å². The monoisotopic (exact) mass is 325 g/mol. The Morgan fingerprint density at radius 3 is 2.88 bits per heavy atom. The van der Waals surface area contributed by atoms with Gasteiger partial charge in [0.2, 0.25) is 0 Å². The molecule has 1 atom stereocenters. The van der Waals surface area contributed by atoms with Gasteiger partial charge in [0.1, 0.15) is 11.6 Å². The lowest BCUT2D eigenvalue weighted by molar-refractivity contribution is 0.382. The van der Waals surface area contributed by atoms with Crippen LogP contribution in [0.15, 0.2) is 24.4 Å². The topological polar surface area (TPSA) is 58.0 Å². The van der Waals surface area contributed by atoms with Crippen LogP contribution in [0.3, 0.4) is 0 Å². The van der Waals surface area contributed by atoms with Crippen LogP contribution in [-0.2, 0) is 12.8 Å². The van der Waals surface area contributed by atoms with Gasteiger partial charge in [0.15, 0.2) is 0 Å². The molecule has 3 rings (SSSR count). The summed E-state index contributed by atoms with van der Waals surface area (Å²) in [7, 11) is 0. The summed E-state index contributed by atoms with van der Waals surface area (Å²) in [5.41, 5.74) is 4.23. The standard InChI is InChI=1S/C20H27N3O/c1-3-16-13-22-14(2)23-20(16)17-10-15(11-19(24)12-17)7-8-18-6-4-5-9-21-18/h10-13,18,21,24H,3-9H2,1-2H3. The minimum atomic E-state index is 0.317. The number of aromatic hydroxyl groups is 1. The molecule has 4 nitrogen and oxygen atoms in total. The Morgan fingerprint density at radius 2 is 2.12 bits per heavy atom. The summed E-state index contributed by atoms with van der Waals surface area (Å²) in [6.45, 7) is 5.15. The third kappa shape index (κ3) is 4.12. The molecule has 1 aromatic heterocycles. The van der Waals surface area contributed by atoms with Crippen molar-refractivity contribution in [3.63, 3.8) is 0 Å². The van der Waals surface area contributed by atoms with Crippen molar-refractivity contribution in [3.8, 4) is 17.0 Å². The highest BCUT2D eigenvalue weighted by atomic mass is 16.3. The van der Waals surface area contributed by atoms with Gasteiger partial charge in [-0.2, -0.15) is 0 Å². The van der Waals surface area contributed by atoms with Crippen LogP contribution in [0.2, 0.25) is 0 Å². The molecule has 128 valence electrons. The average Bonchev–Trinajstić information content (AvgIpc) is 2.60. The number of phenols is 1. The molecular weight excluding hydrogens is 298 g/mol. The highest BCUT2D eigenvalue weighted by Crippen LogP contribution is 2.28. The quantitative estimate of drug-likeness (QED) is 0.878. The SMILES string of the molecule is CCc1cnc(C)nc1-c1cc(O)cc(CCC2CCCCN2)c1. The number of aryl methyl sites for hydroxylation is 3. The molecule has 1 fully saturated rings. The van der Waals surface area contributed by atoms with Crippen LogP contribution in [0.1, 0.15) is 49.6 Å². The van der Waals surface area contributed by atoms with Gasteiger partial charge in [0.25, 0.3) is 0 Å². The zero-order chi connectivity index (χ0) is 16.9. The molecule has 1 aliphatic rings. The molecule has 2 heterocycles. The Labute approximate surface area is 144 Å². The third-order valence-electron chi connectivity index (χ3n) is 4.81. The maximum Gasteiger partial charge on any atom is 0.125 e. The van der Waals surface area contributed by atoms with Crippen molar-refractivity contribution in [3.05, 3.63) is 41.3 Å². The van der Waals surface area contributed by atoms with Gasteiger partial charge in [-0.05, 0) is 74.9 Å². The van der Waals surface area contributed by atoms with Crippen molar-refractivity contribution in [1.82, 2.24) is 15.3 Å². The molecule has 0 bridgehead atoms. The molecule has 1 saturated heterocycles. The van der Waals surface area contributed by atoms with Crippen LogP contribution in [0.4, 0.5) is 0 Å². The predicted molar refractivity (Wildman–Crippen MR) is 97.2 cm³/mol. The van der Waals surface area contributed by atoms with Crippen molar-refractivity contribution in [2.24, 2.45) is 0 Å². The number of phenolic OH excluding ortho intramolecular Hbond substituents is 1. The summed E-state index contributed by atoms with van der Waals surface area (Å²) < 4.78 is 0. The van der Waals surface area contributed by atoms with E-state index in [1.54, 1.807) is 0 Å². The summed E-state index contributed by atoms with van der Waals surface area (Å²) in [4.78, 5) is 8.91. The van der Waals surface area contributed by atoms with Gasteiger partial charge >= 0.3 is 0 Å². The van der Waals surface area contributed by atoms with Gasteiger partial charge in [-0.25, -0.2) is 9.97 Å². The summed E-state index contributed by atoms with van der Waals surface area (Å²) in [6, 6.07) is 6.47. The maximum absolute atomic E-state index is 10.2. The highest BCUT2D eigenvalue weighted by Gasteiger charge is 2.14. The van der Waals surface area contributed by atoms with Crippen LogP contribution < -0.4 is 5.32 Å². The molecule has 0 saturated carbocycles. The third-order valence-corrected chi connectivity index (χ3v) is 4.81. The van der Waals surface area contributed by atoms with Crippen molar-refractivity contribution in [2.45, 2.75) is 58.4 Å². The Morgan fingerprint density at radius 1 is 1.25 bits per heavy atom. The molecule has 0 aliphatic carbocycles. The fourth-order valence-electron chi connectivity index (χ4n) is 3.47. The fourth-order valence-corrected chi connectivity index (χ4v) is 3.47. The number of nitrogens with zero attached hydrogens (tertiary/aromatic N) is 2. The van der Waals surface area contributed by atoms with E-state index in [2.05, 4.69) is 28.3 Å². The molecule has 4 heteroatoms. The summed E-state index contributed by atoms with van der Waals surface area (Å²) in [6.07, 6.45) is 8.75. The molecule has 0 spiro atoms. The fraction of sp³-hybridized carbons (Fsp3) is 0.500. The highest BCUT2D eigenvalue weighted by molar-refractivity contribution is 5.65. The van der Waals surface area contributed by atoms with Gasteiger partial charge in [-0.15, -0.1) is 0 Å². The van der Waals surface area contributed by atoms with E-state index in [9.17, 15) is 5.11 Å². The molecule has 0 amide bonds. The van der Waals surface area contributed by atoms with Crippen molar-refractivity contribution in [1.29, 1.82) is 0 Å². The van der Waals surface area contributed by atoms with Crippen molar-refractivity contribution >= 4 is 0 Å². The summed E-state index contributed by atoms with van der Waals surface area (Å²) in [5, 5.41) is 13.8. The minimum absolute atomic E-state index is 0.317. The van der Waals surface area contributed by atoms with E-state index < -0.39 is 0 Å². The van der Waals surface area contributed by atoms with Crippen LogP contribution in [-0.4, -0.2) is 27.7 Å². The second-order valence-electron chi connectivity index (χ2n) is 6.72. The van der Waals surface area contributed by atoms with E-state index in [0.717, 1.165) is 48.5 Å². The second-order valence-corrected chi connectivity index (χ2v) is 6.72. The van der Waals surface area contributed by atoms with Gasteiger partial charge < -0.3 is 10.4 Å². The number of piperidine rings is 1. The lowest BCUT2D eigenvalue weighted by atomic mass is 9.96. The second kappa shape index (κ2) is 7.75. The van der Waals surface area contributed by atoms with Gasteiger partial charge in [0.05, 0.1) is 5.69 Å². The first-order chi connectivity index (χ1) is 11.7. The zero-order valence-corrected chi connectivity index (χ0v) is 14.7. The number of benzene rings is 1. The molecule has 24 heavy (non-hydrogen) atoms. The number of rotatable bonds is 5. The molecule has 1 aromatic carbocycles. The Balaban J connectivity index is 1.82. The van der Waals surface area contributed by atoms with E-state index in [1.807, 2.05) is 25.3 Å². The zero-order valence-electron chi connectivity index (χ0n) is 14.7. The van der Waals surface area contributed by atoms with Gasteiger partial charge in [-0.3, -0.25) is 0 Å². The normalized spacial score (nSPS) is 17.8. The Kier molecular flexibility index (Phi) is 5.46. The first-order valence-corrected chi connectivity index (χ1v) is 9.05. The Hall–Kier alpha value is -1.94. The Bertz CT molecular complexity index is 693. The molecule has 2 aromatic rings. The lowest BCUT2D eigenvalue weighted by Crippen LogP contribution is -2.34. The average molecular weight is 325 g/mol.